The van der Waals surface area contributed by atoms with Gasteiger partial charge >= 0.3 is 0 Å². The third-order valence-corrected chi connectivity index (χ3v) is 3.48. The van der Waals surface area contributed by atoms with Crippen molar-refractivity contribution in [1.29, 1.82) is 0 Å². The van der Waals surface area contributed by atoms with Crippen LogP contribution < -0.4 is 15.8 Å². The number of nitrogens with two attached hydrogens (primary N) is 1. The number of fused-ring (bicyclic) bond motifs is 1. The zero-order valence-electron chi connectivity index (χ0n) is 12.1. The molecule has 0 spiro atoms. The molecule has 7 nitrogen and oxygen atoms in total. The van der Waals surface area contributed by atoms with Gasteiger partial charge in [0.25, 0.3) is 11.8 Å². The zero-order chi connectivity index (χ0) is 16.4. The van der Waals surface area contributed by atoms with Gasteiger partial charge in [0.2, 0.25) is 0 Å². The summed E-state index contributed by atoms with van der Waals surface area (Å²) in [5.41, 5.74) is 6.75. The largest absolute Gasteiger partial charge is 0.484 e. The Bertz CT molecular complexity index is 745. The molecular formula is C16H15N3O4. The topological polar surface area (TPSA) is 105 Å². The Hall–Kier alpha value is -3.06. The number of carbonyl (C=O) groups is 2. The minimum atomic E-state index is -0.706. The van der Waals surface area contributed by atoms with Gasteiger partial charge in [-0.1, -0.05) is 24.3 Å². The number of primary amides is 1. The predicted octanol–water partition coefficient (Wildman–Crippen LogP) is 1.51. The van der Waals surface area contributed by atoms with Gasteiger partial charge in [-0.25, -0.2) is 0 Å². The van der Waals surface area contributed by atoms with Crippen molar-refractivity contribution in [2.24, 2.45) is 5.73 Å². The van der Waals surface area contributed by atoms with E-state index >= 15 is 0 Å². The lowest BCUT2D eigenvalue weighted by Gasteiger charge is -2.33. The molecule has 7 heteroatoms. The molecule has 3 rings (SSSR count). The average molecular weight is 313 g/mol. The number of hydroxylamine groups is 2. The van der Waals surface area contributed by atoms with Gasteiger partial charge in [0.05, 0.1) is 5.56 Å². The molecule has 0 saturated heterocycles. The van der Waals surface area contributed by atoms with E-state index < -0.39 is 18.0 Å². The van der Waals surface area contributed by atoms with Crippen molar-refractivity contribution in [2.75, 3.05) is 11.9 Å². The van der Waals surface area contributed by atoms with Gasteiger partial charge in [0.15, 0.2) is 12.8 Å². The van der Waals surface area contributed by atoms with Crippen molar-refractivity contribution in [3.63, 3.8) is 0 Å². The smallest absolute Gasteiger partial charge is 0.281 e. The van der Waals surface area contributed by atoms with E-state index in [1.165, 1.54) is 0 Å². The summed E-state index contributed by atoms with van der Waals surface area (Å²) in [6, 6.07) is 13.6. The highest BCUT2D eigenvalue weighted by molar-refractivity contribution is 6.00. The molecule has 23 heavy (non-hydrogen) atoms. The maximum atomic E-state index is 12.2. The minimum absolute atomic E-state index is 0.209. The SMILES string of the molecule is NC(=O)COc1ccc([C@H]2Nc3ccccc3C(=O)N2O)cc1. The van der Waals surface area contributed by atoms with Crippen LogP contribution in [0.15, 0.2) is 48.5 Å². The normalized spacial score (nSPS) is 16.5. The molecule has 0 fully saturated rings. The van der Waals surface area contributed by atoms with Crippen LogP contribution in [0.2, 0.25) is 0 Å². The molecule has 0 saturated carbocycles. The summed E-state index contributed by atoms with van der Waals surface area (Å²) in [5, 5.41) is 13.9. The van der Waals surface area contributed by atoms with Crippen LogP contribution in [0.25, 0.3) is 0 Å². The molecule has 0 unspecified atom stereocenters. The van der Waals surface area contributed by atoms with Gasteiger partial charge in [0, 0.05) is 5.69 Å². The van der Waals surface area contributed by atoms with Crippen molar-refractivity contribution < 1.29 is 19.5 Å². The number of rotatable bonds is 4. The van der Waals surface area contributed by atoms with Gasteiger partial charge in [-0.2, -0.15) is 5.06 Å². The van der Waals surface area contributed by atoms with Crippen molar-refractivity contribution in [3.8, 4) is 5.75 Å². The van der Waals surface area contributed by atoms with E-state index in [2.05, 4.69) is 5.32 Å². The van der Waals surface area contributed by atoms with E-state index in [-0.39, 0.29) is 6.61 Å². The molecule has 2 amide bonds. The number of hydrogen-bond acceptors (Lipinski definition) is 5. The first-order chi connectivity index (χ1) is 11.1. The third-order valence-electron chi connectivity index (χ3n) is 3.48. The maximum Gasteiger partial charge on any atom is 0.281 e. The Balaban J connectivity index is 1.82. The minimum Gasteiger partial charge on any atom is -0.484 e. The monoisotopic (exact) mass is 313 g/mol. The predicted molar refractivity (Wildman–Crippen MR) is 81.9 cm³/mol. The van der Waals surface area contributed by atoms with Gasteiger partial charge in [-0.3, -0.25) is 14.8 Å². The fraction of sp³-hybridized carbons (Fsp3) is 0.125. The summed E-state index contributed by atoms with van der Waals surface area (Å²) in [6.45, 7) is -0.209. The van der Waals surface area contributed by atoms with Gasteiger partial charge < -0.3 is 15.8 Å². The second-order valence-corrected chi connectivity index (χ2v) is 5.07. The summed E-state index contributed by atoms with van der Waals surface area (Å²) in [7, 11) is 0. The molecular weight excluding hydrogens is 298 g/mol. The number of amides is 2. The van der Waals surface area contributed by atoms with Gasteiger partial charge in [-0.05, 0) is 29.8 Å². The van der Waals surface area contributed by atoms with E-state index in [1.54, 1.807) is 42.5 Å². The lowest BCUT2D eigenvalue weighted by molar-refractivity contribution is -0.119. The van der Waals surface area contributed by atoms with Crippen LogP contribution in [-0.2, 0) is 4.79 Å². The summed E-state index contributed by atoms with van der Waals surface area (Å²) in [6.07, 6.45) is -0.706. The molecule has 0 radical (unpaired) electrons. The second-order valence-electron chi connectivity index (χ2n) is 5.07. The van der Waals surface area contributed by atoms with E-state index in [9.17, 15) is 14.8 Å². The van der Waals surface area contributed by atoms with Crippen LogP contribution in [-0.4, -0.2) is 28.7 Å². The number of benzene rings is 2. The molecule has 0 aliphatic carbocycles. The maximum absolute atomic E-state index is 12.2. The van der Waals surface area contributed by atoms with Crippen LogP contribution >= 0.6 is 0 Å². The molecule has 2 aromatic rings. The van der Waals surface area contributed by atoms with E-state index in [1.807, 2.05) is 6.07 Å². The number of anilines is 1. The summed E-state index contributed by atoms with van der Waals surface area (Å²) in [5.74, 6) is -0.565. The quantitative estimate of drug-likeness (QED) is 0.742. The van der Waals surface area contributed by atoms with Gasteiger partial charge in [0.1, 0.15) is 5.75 Å². The number of nitrogens with zero attached hydrogens (tertiary/aromatic N) is 1. The fourth-order valence-corrected chi connectivity index (χ4v) is 2.37. The van der Waals surface area contributed by atoms with E-state index in [4.69, 9.17) is 10.5 Å². The van der Waals surface area contributed by atoms with Crippen LogP contribution in [0.4, 0.5) is 5.69 Å². The molecule has 4 N–H and O–H groups in total. The summed E-state index contributed by atoms with van der Waals surface area (Å²) in [4.78, 5) is 22.9. The molecule has 1 heterocycles. The molecule has 0 aromatic heterocycles. The van der Waals surface area contributed by atoms with Gasteiger partial charge in [-0.15, -0.1) is 0 Å². The number of para-hydroxylation sites is 1. The number of ether oxygens (including phenoxy) is 1. The highest BCUT2D eigenvalue weighted by Crippen LogP contribution is 2.32. The summed E-state index contributed by atoms with van der Waals surface area (Å²) >= 11 is 0. The second kappa shape index (κ2) is 5.98. The number of carbonyl (C=O) groups excluding carboxylic acids is 2. The molecule has 0 bridgehead atoms. The standard InChI is InChI=1S/C16H15N3O4/c17-14(20)9-23-11-7-5-10(6-8-11)15-18-13-4-2-1-3-12(13)16(21)19(15)22/h1-8,15,18,22H,9H2,(H2,17,20)/t15-/m0/s1. The first-order valence-corrected chi connectivity index (χ1v) is 6.95. The Morgan fingerprint density at radius 2 is 1.91 bits per heavy atom. The lowest BCUT2D eigenvalue weighted by atomic mass is 10.1. The van der Waals surface area contributed by atoms with Crippen LogP contribution in [0.3, 0.4) is 0 Å². The van der Waals surface area contributed by atoms with Crippen molar-refractivity contribution in [1.82, 2.24) is 5.06 Å². The van der Waals surface area contributed by atoms with Crippen molar-refractivity contribution in [3.05, 3.63) is 59.7 Å². The van der Waals surface area contributed by atoms with Crippen LogP contribution in [0, 0.1) is 0 Å². The Labute approximate surface area is 132 Å². The molecule has 2 aromatic carbocycles. The molecule has 118 valence electrons. The van der Waals surface area contributed by atoms with Crippen LogP contribution in [0.1, 0.15) is 22.1 Å². The highest BCUT2D eigenvalue weighted by Gasteiger charge is 2.31. The molecule has 1 aliphatic heterocycles. The average Bonchev–Trinajstić information content (AvgIpc) is 2.57. The first-order valence-electron chi connectivity index (χ1n) is 6.95. The Morgan fingerprint density at radius 1 is 1.22 bits per heavy atom. The zero-order valence-corrected chi connectivity index (χ0v) is 12.1. The van der Waals surface area contributed by atoms with E-state index in [0.29, 0.717) is 27.6 Å². The fourth-order valence-electron chi connectivity index (χ4n) is 2.37. The van der Waals surface area contributed by atoms with Crippen molar-refractivity contribution >= 4 is 17.5 Å². The van der Waals surface area contributed by atoms with Crippen LogP contribution in [0.5, 0.6) is 5.75 Å². The summed E-state index contributed by atoms with van der Waals surface area (Å²) < 4.78 is 5.18. The van der Waals surface area contributed by atoms with E-state index in [0.717, 1.165) is 0 Å². The molecule has 1 aliphatic rings. The third kappa shape index (κ3) is 2.95. The lowest BCUT2D eigenvalue weighted by Crippen LogP contribution is -2.40. The van der Waals surface area contributed by atoms with Crippen molar-refractivity contribution in [2.45, 2.75) is 6.17 Å². The number of hydrogen-bond donors (Lipinski definition) is 3. The first kappa shape index (κ1) is 14.9. The highest BCUT2D eigenvalue weighted by atomic mass is 16.5. The Morgan fingerprint density at radius 3 is 2.61 bits per heavy atom. The molecule has 1 atom stereocenters. The Kier molecular flexibility index (Phi) is 3.86. The number of nitrogens with one attached hydrogen (secondary N) is 1.